The van der Waals surface area contributed by atoms with E-state index in [4.69, 9.17) is 5.73 Å². The second-order valence-corrected chi connectivity index (χ2v) is 4.02. The van der Waals surface area contributed by atoms with Gasteiger partial charge in [0, 0.05) is 12.1 Å². The third-order valence-electron chi connectivity index (χ3n) is 3.44. The molecule has 3 nitrogen and oxygen atoms in total. The van der Waals surface area contributed by atoms with E-state index in [1.165, 1.54) is 32.4 Å². The summed E-state index contributed by atoms with van der Waals surface area (Å²) in [6.07, 6.45) is 3.85. The van der Waals surface area contributed by atoms with Crippen LogP contribution in [0.3, 0.4) is 0 Å². The van der Waals surface area contributed by atoms with Crippen LogP contribution in [0.1, 0.15) is 19.3 Å². The lowest BCUT2D eigenvalue weighted by molar-refractivity contribution is 0.0123. The first-order chi connectivity index (χ1) is 5.87. The summed E-state index contributed by atoms with van der Waals surface area (Å²) in [5, 5.41) is 3.39. The van der Waals surface area contributed by atoms with Crippen LogP contribution in [0.2, 0.25) is 0 Å². The number of piperidine rings is 1. The Morgan fingerprint density at radius 3 is 2.33 bits per heavy atom. The van der Waals surface area contributed by atoms with Crippen LogP contribution in [0, 0.1) is 0 Å². The highest BCUT2D eigenvalue weighted by molar-refractivity contribution is 4.98. The molecular formula is C9H19N3. The summed E-state index contributed by atoms with van der Waals surface area (Å²) < 4.78 is 0. The van der Waals surface area contributed by atoms with Gasteiger partial charge >= 0.3 is 0 Å². The summed E-state index contributed by atoms with van der Waals surface area (Å²) in [5.41, 5.74) is 6.24. The minimum Gasteiger partial charge on any atom is -0.329 e. The molecule has 0 aromatic carbocycles. The molecule has 0 unspecified atom stereocenters. The van der Waals surface area contributed by atoms with Crippen molar-refractivity contribution in [2.24, 2.45) is 5.73 Å². The molecule has 2 fully saturated rings. The van der Waals surface area contributed by atoms with Crippen LogP contribution in [0.4, 0.5) is 0 Å². The smallest absolute Gasteiger partial charge is 0.0355 e. The second kappa shape index (κ2) is 3.32. The Morgan fingerprint density at radius 1 is 1.25 bits per heavy atom. The quantitative estimate of drug-likeness (QED) is 0.600. The van der Waals surface area contributed by atoms with Gasteiger partial charge in [-0.25, -0.2) is 0 Å². The standard InChI is InChI=1S/C9H19N3/c10-8-9(12-6-1-7-12)2-4-11-5-3-9/h11H,1-8,10H2. The van der Waals surface area contributed by atoms with Gasteiger partial charge in [-0.1, -0.05) is 0 Å². The lowest BCUT2D eigenvalue weighted by Crippen LogP contribution is -2.62. The van der Waals surface area contributed by atoms with Crippen LogP contribution in [0.15, 0.2) is 0 Å². The molecule has 70 valence electrons. The zero-order valence-corrected chi connectivity index (χ0v) is 7.68. The maximum Gasteiger partial charge on any atom is 0.0355 e. The van der Waals surface area contributed by atoms with Crippen LogP contribution in [0.25, 0.3) is 0 Å². The highest BCUT2D eigenvalue weighted by Gasteiger charge is 2.38. The Hall–Kier alpha value is -0.120. The third kappa shape index (κ3) is 1.26. The molecule has 3 N–H and O–H groups in total. The number of rotatable bonds is 2. The average Bonchev–Trinajstić information content (AvgIpc) is 2.03. The van der Waals surface area contributed by atoms with Crippen molar-refractivity contribution in [3.63, 3.8) is 0 Å². The van der Waals surface area contributed by atoms with Gasteiger partial charge in [0.2, 0.25) is 0 Å². The topological polar surface area (TPSA) is 41.3 Å². The van der Waals surface area contributed by atoms with Crippen LogP contribution < -0.4 is 11.1 Å². The Labute approximate surface area is 74.3 Å². The number of nitrogens with one attached hydrogen (secondary N) is 1. The van der Waals surface area contributed by atoms with Gasteiger partial charge in [-0.3, -0.25) is 4.90 Å². The van der Waals surface area contributed by atoms with Crippen LogP contribution in [-0.4, -0.2) is 43.2 Å². The number of nitrogens with zero attached hydrogens (tertiary/aromatic N) is 1. The number of nitrogens with two attached hydrogens (primary N) is 1. The van der Waals surface area contributed by atoms with Crippen molar-refractivity contribution in [2.75, 3.05) is 32.7 Å². The molecular weight excluding hydrogens is 150 g/mol. The average molecular weight is 169 g/mol. The summed E-state index contributed by atoms with van der Waals surface area (Å²) in [6.45, 7) is 5.68. The van der Waals surface area contributed by atoms with Gasteiger partial charge in [-0.05, 0) is 45.4 Å². The number of hydrogen-bond donors (Lipinski definition) is 2. The molecule has 0 aromatic heterocycles. The first-order valence-corrected chi connectivity index (χ1v) is 5.03. The van der Waals surface area contributed by atoms with Crippen molar-refractivity contribution in [1.82, 2.24) is 10.2 Å². The van der Waals surface area contributed by atoms with Gasteiger partial charge in [0.05, 0.1) is 0 Å². The zero-order valence-electron chi connectivity index (χ0n) is 7.68. The Balaban J connectivity index is 2.00. The van der Waals surface area contributed by atoms with Gasteiger partial charge in [-0.2, -0.15) is 0 Å². The zero-order chi connectivity index (χ0) is 8.44. The number of hydrogen-bond acceptors (Lipinski definition) is 3. The number of likely N-dealkylation sites (tertiary alicyclic amines) is 1. The Kier molecular flexibility index (Phi) is 2.35. The van der Waals surface area contributed by atoms with Gasteiger partial charge in [0.25, 0.3) is 0 Å². The molecule has 0 spiro atoms. The maximum absolute atomic E-state index is 5.88. The fraction of sp³-hybridized carbons (Fsp3) is 1.00. The third-order valence-corrected chi connectivity index (χ3v) is 3.44. The molecule has 2 heterocycles. The molecule has 0 atom stereocenters. The summed E-state index contributed by atoms with van der Waals surface area (Å²) in [5.74, 6) is 0. The van der Waals surface area contributed by atoms with E-state index in [9.17, 15) is 0 Å². The molecule has 2 aliphatic rings. The molecule has 0 bridgehead atoms. The fourth-order valence-corrected chi connectivity index (χ4v) is 2.33. The fourth-order valence-electron chi connectivity index (χ4n) is 2.33. The summed E-state index contributed by atoms with van der Waals surface area (Å²) >= 11 is 0. The predicted molar refractivity (Wildman–Crippen MR) is 50.1 cm³/mol. The van der Waals surface area contributed by atoms with E-state index in [1.54, 1.807) is 0 Å². The van der Waals surface area contributed by atoms with E-state index in [0.29, 0.717) is 5.54 Å². The molecule has 3 heteroatoms. The van der Waals surface area contributed by atoms with Gasteiger partial charge < -0.3 is 11.1 Å². The van der Waals surface area contributed by atoms with Crippen molar-refractivity contribution in [3.8, 4) is 0 Å². The predicted octanol–water partition coefficient (Wildman–Crippen LogP) is -0.227. The molecule has 0 saturated carbocycles. The first kappa shape index (κ1) is 8.48. The van der Waals surface area contributed by atoms with Crippen molar-refractivity contribution >= 4 is 0 Å². The second-order valence-electron chi connectivity index (χ2n) is 4.02. The van der Waals surface area contributed by atoms with Crippen molar-refractivity contribution in [1.29, 1.82) is 0 Å². The van der Waals surface area contributed by atoms with E-state index in [-0.39, 0.29) is 0 Å². The van der Waals surface area contributed by atoms with Crippen LogP contribution >= 0.6 is 0 Å². The summed E-state index contributed by atoms with van der Waals surface area (Å²) in [4.78, 5) is 2.58. The molecule has 12 heavy (non-hydrogen) atoms. The lowest BCUT2D eigenvalue weighted by atomic mass is 9.84. The van der Waals surface area contributed by atoms with Crippen LogP contribution in [-0.2, 0) is 0 Å². The van der Waals surface area contributed by atoms with Crippen molar-refractivity contribution in [3.05, 3.63) is 0 Å². The monoisotopic (exact) mass is 169 g/mol. The maximum atomic E-state index is 5.88. The van der Waals surface area contributed by atoms with E-state index < -0.39 is 0 Å². The van der Waals surface area contributed by atoms with E-state index in [2.05, 4.69) is 10.2 Å². The largest absolute Gasteiger partial charge is 0.329 e. The summed E-state index contributed by atoms with van der Waals surface area (Å²) in [6, 6.07) is 0. The minimum absolute atomic E-state index is 0.365. The first-order valence-electron chi connectivity index (χ1n) is 5.03. The van der Waals surface area contributed by atoms with E-state index in [1.807, 2.05) is 0 Å². The summed E-state index contributed by atoms with van der Waals surface area (Å²) in [7, 11) is 0. The molecule has 2 saturated heterocycles. The van der Waals surface area contributed by atoms with Crippen LogP contribution in [0.5, 0.6) is 0 Å². The lowest BCUT2D eigenvalue weighted by Gasteiger charge is -2.50. The molecule has 0 aromatic rings. The Bertz CT molecular complexity index is 148. The molecule has 0 radical (unpaired) electrons. The Morgan fingerprint density at radius 2 is 1.92 bits per heavy atom. The van der Waals surface area contributed by atoms with Gasteiger partial charge in [0.1, 0.15) is 0 Å². The van der Waals surface area contributed by atoms with Crippen molar-refractivity contribution in [2.45, 2.75) is 24.8 Å². The highest BCUT2D eigenvalue weighted by Crippen LogP contribution is 2.29. The highest BCUT2D eigenvalue weighted by atomic mass is 15.3. The van der Waals surface area contributed by atoms with Gasteiger partial charge in [0.15, 0.2) is 0 Å². The molecule has 2 aliphatic heterocycles. The van der Waals surface area contributed by atoms with E-state index >= 15 is 0 Å². The molecule has 0 aliphatic carbocycles. The van der Waals surface area contributed by atoms with E-state index in [0.717, 1.165) is 19.6 Å². The SMILES string of the molecule is NCC1(N2CCC2)CCNCC1. The normalized spacial score (nSPS) is 29.8. The minimum atomic E-state index is 0.365. The van der Waals surface area contributed by atoms with Crippen molar-refractivity contribution < 1.29 is 0 Å². The van der Waals surface area contributed by atoms with Gasteiger partial charge in [-0.15, -0.1) is 0 Å². The molecule has 0 amide bonds. The molecule has 2 rings (SSSR count).